The maximum atomic E-state index is 11.8. The Bertz CT molecular complexity index is 551. The molecule has 1 rings (SSSR count). The molecule has 0 amide bonds. The van der Waals surface area contributed by atoms with Gasteiger partial charge in [0.25, 0.3) is 0 Å². The fourth-order valence-corrected chi connectivity index (χ4v) is 1.87. The quantitative estimate of drug-likeness (QED) is 0.375. The number of carbonyl (C=O) groups excluding carboxylic acids is 1. The standard InChI is InChI=1S/C13H17ClN4O2/c1-3-10(17-18-13(15)16)8-6-5-7-9(11(8)14)12(19)20-4-2/h5-7H,3-4H2,1-2H3,(H4,15,16,18)/b17-10+. The summed E-state index contributed by atoms with van der Waals surface area (Å²) in [5.41, 5.74) is 12.0. The van der Waals surface area contributed by atoms with Gasteiger partial charge in [0.1, 0.15) is 0 Å². The van der Waals surface area contributed by atoms with Crippen LogP contribution in [-0.2, 0) is 4.74 Å². The molecule has 7 heteroatoms. The number of halogens is 1. The van der Waals surface area contributed by atoms with Gasteiger partial charge in [0, 0.05) is 5.56 Å². The second-order valence-corrected chi connectivity index (χ2v) is 4.19. The fraction of sp³-hybridized carbons (Fsp3) is 0.308. The molecule has 0 aliphatic heterocycles. The zero-order chi connectivity index (χ0) is 15.1. The smallest absolute Gasteiger partial charge is 0.339 e. The lowest BCUT2D eigenvalue weighted by atomic mass is 10.0. The molecule has 0 spiro atoms. The molecule has 0 bridgehead atoms. The molecular weight excluding hydrogens is 280 g/mol. The minimum Gasteiger partial charge on any atom is -0.462 e. The summed E-state index contributed by atoms with van der Waals surface area (Å²) in [5.74, 6) is -0.620. The first-order chi connectivity index (χ1) is 9.51. The lowest BCUT2D eigenvalue weighted by Gasteiger charge is -2.09. The first kappa shape index (κ1) is 16.0. The Morgan fingerprint density at radius 1 is 1.25 bits per heavy atom. The average molecular weight is 297 g/mol. The number of rotatable bonds is 5. The van der Waals surface area contributed by atoms with Gasteiger partial charge < -0.3 is 16.2 Å². The molecule has 1 aromatic rings. The Hall–Kier alpha value is -2.08. The molecule has 108 valence electrons. The molecule has 1 aromatic carbocycles. The zero-order valence-corrected chi connectivity index (χ0v) is 12.1. The summed E-state index contributed by atoms with van der Waals surface area (Å²) in [6.45, 7) is 3.89. The molecule has 0 fully saturated rings. The van der Waals surface area contributed by atoms with Crippen molar-refractivity contribution in [1.29, 1.82) is 0 Å². The van der Waals surface area contributed by atoms with Crippen LogP contribution in [0.2, 0.25) is 5.02 Å². The molecule has 0 unspecified atom stereocenters. The fourth-order valence-electron chi connectivity index (χ4n) is 1.55. The van der Waals surface area contributed by atoms with E-state index < -0.39 is 5.97 Å². The predicted octanol–water partition coefficient (Wildman–Crippen LogP) is 1.90. The Balaban J connectivity index is 3.25. The summed E-state index contributed by atoms with van der Waals surface area (Å²) in [6, 6.07) is 5.04. The first-order valence-corrected chi connectivity index (χ1v) is 6.50. The average Bonchev–Trinajstić information content (AvgIpc) is 2.41. The van der Waals surface area contributed by atoms with Crippen molar-refractivity contribution in [3.63, 3.8) is 0 Å². The number of benzene rings is 1. The van der Waals surface area contributed by atoms with Gasteiger partial charge in [-0.1, -0.05) is 30.7 Å². The minimum atomic E-state index is -0.475. The van der Waals surface area contributed by atoms with E-state index in [0.717, 1.165) is 0 Å². The summed E-state index contributed by atoms with van der Waals surface area (Å²) in [5, 5.41) is 7.82. The third-order valence-electron chi connectivity index (χ3n) is 2.43. The topological polar surface area (TPSA) is 103 Å². The van der Waals surface area contributed by atoms with Crippen LogP contribution in [0.4, 0.5) is 0 Å². The van der Waals surface area contributed by atoms with Crippen LogP contribution in [0, 0.1) is 0 Å². The van der Waals surface area contributed by atoms with Crippen LogP contribution in [0.1, 0.15) is 36.2 Å². The van der Waals surface area contributed by atoms with E-state index >= 15 is 0 Å². The minimum absolute atomic E-state index is 0.145. The monoisotopic (exact) mass is 296 g/mol. The molecule has 0 saturated heterocycles. The number of esters is 1. The van der Waals surface area contributed by atoms with Gasteiger partial charge in [-0.2, -0.15) is 5.10 Å². The lowest BCUT2D eigenvalue weighted by molar-refractivity contribution is 0.0526. The molecule has 0 saturated carbocycles. The summed E-state index contributed by atoms with van der Waals surface area (Å²) >= 11 is 6.24. The molecule has 0 atom stereocenters. The van der Waals surface area contributed by atoms with Crippen molar-refractivity contribution in [2.45, 2.75) is 20.3 Å². The van der Waals surface area contributed by atoms with Crippen molar-refractivity contribution in [2.24, 2.45) is 21.7 Å². The number of ether oxygens (including phenoxy) is 1. The van der Waals surface area contributed by atoms with E-state index in [0.29, 0.717) is 17.7 Å². The Morgan fingerprint density at radius 3 is 2.45 bits per heavy atom. The summed E-state index contributed by atoms with van der Waals surface area (Å²) in [4.78, 5) is 11.8. The highest BCUT2D eigenvalue weighted by molar-refractivity contribution is 6.37. The van der Waals surface area contributed by atoms with Gasteiger partial charge in [0.15, 0.2) is 0 Å². The van der Waals surface area contributed by atoms with Crippen LogP contribution in [0.25, 0.3) is 0 Å². The van der Waals surface area contributed by atoms with Gasteiger partial charge in [-0.05, 0) is 19.4 Å². The van der Waals surface area contributed by atoms with Crippen LogP contribution < -0.4 is 11.5 Å². The molecular formula is C13H17ClN4O2. The predicted molar refractivity (Wildman–Crippen MR) is 80.0 cm³/mol. The first-order valence-electron chi connectivity index (χ1n) is 6.12. The van der Waals surface area contributed by atoms with Crippen LogP contribution in [0.15, 0.2) is 28.4 Å². The van der Waals surface area contributed by atoms with E-state index in [-0.39, 0.29) is 23.2 Å². The molecule has 6 nitrogen and oxygen atoms in total. The van der Waals surface area contributed by atoms with E-state index in [2.05, 4.69) is 10.2 Å². The lowest BCUT2D eigenvalue weighted by Crippen LogP contribution is -2.22. The van der Waals surface area contributed by atoms with Crippen molar-refractivity contribution in [2.75, 3.05) is 6.61 Å². The summed E-state index contributed by atoms with van der Waals surface area (Å²) in [6.07, 6.45) is 0.558. The number of carbonyl (C=O) groups is 1. The Morgan fingerprint density at radius 2 is 1.90 bits per heavy atom. The summed E-state index contributed by atoms with van der Waals surface area (Å²) < 4.78 is 4.94. The second-order valence-electron chi connectivity index (χ2n) is 3.81. The highest BCUT2D eigenvalue weighted by Gasteiger charge is 2.16. The molecule has 20 heavy (non-hydrogen) atoms. The van der Waals surface area contributed by atoms with Crippen LogP contribution in [0.3, 0.4) is 0 Å². The maximum Gasteiger partial charge on any atom is 0.339 e. The maximum absolute atomic E-state index is 11.8. The number of nitrogens with zero attached hydrogens (tertiary/aromatic N) is 2. The zero-order valence-electron chi connectivity index (χ0n) is 11.4. The molecule has 0 aromatic heterocycles. The van der Waals surface area contributed by atoms with Crippen LogP contribution in [-0.4, -0.2) is 24.2 Å². The molecule has 0 aliphatic carbocycles. The summed E-state index contributed by atoms with van der Waals surface area (Å²) in [7, 11) is 0. The SMILES string of the molecule is CCOC(=O)c1cccc(/C(CC)=N/N=C(N)N)c1Cl. The van der Waals surface area contributed by atoms with Gasteiger partial charge in [0.2, 0.25) is 5.96 Å². The normalized spacial score (nSPS) is 11.1. The van der Waals surface area contributed by atoms with Gasteiger partial charge in [-0.15, -0.1) is 5.10 Å². The van der Waals surface area contributed by atoms with E-state index in [1.807, 2.05) is 6.92 Å². The highest BCUT2D eigenvalue weighted by Crippen LogP contribution is 2.23. The van der Waals surface area contributed by atoms with Gasteiger partial charge in [-0.3, -0.25) is 0 Å². The van der Waals surface area contributed by atoms with Gasteiger partial charge in [-0.25, -0.2) is 4.79 Å². The molecule has 0 aliphatic rings. The molecule has 0 radical (unpaired) electrons. The van der Waals surface area contributed by atoms with E-state index in [4.69, 9.17) is 27.8 Å². The van der Waals surface area contributed by atoms with Crippen LogP contribution in [0.5, 0.6) is 0 Å². The number of guanidine groups is 1. The Kier molecular flexibility index (Phi) is 5.99. The van der Waals surface area contributed by atoms with Crippen molar-refractivity contribution < 1.29 is 9.53 Å². The third-order valence-corrected chi connectivity index (χ3v) is 2.83. The number of hydrogen-bond acceptors (Lipinski definition) is 4. The third kappa shape index (κ3) is 3.96. The number of nitrogens with two attached hydrogens (primary N) is 2. The highest BCUT2D eigenvalue weighted by atomic mass is 35.5. The van der Waals surface area contributed by atoms with E-state index in [1.165, 1.54) is 0 Å². The Labute approximate surface area is 122 Å². The van der Waals surface area contributed by atoms with Gasteiger partial charge in [0.05, 0.1) is 22.9 Å². The largest absolute Gasteiger partial charge is 0.462 e. The van der Waals surface area contributed by atoms with Crippen molar-refractivity contribution >= 4 is 29.2 Å². The molecule has 0 heterocycles. The van der Waals surface area contributed by atoms with E-state index in [9.17, 15) is 4.79 Å². The van der Waals surface area contributed by atoms with Crippen molar-refractivity contribution in [3.05, 3.63) is 34.3 Å². The van der Waals surface area contributed by atoms with Gasteiger partial charge >= 0.3 is 5.97 Å². The van der Waals surface area contributed by atoms with Crippen molar-refractivity contribution in [3.8, 4) is 0 Å². The number of hydrogen-bond donors (Lipinski definition) is 2. The second kappa shape index (κ2) is 7.49. The van der Waals surface area contributed by atoms with Crippen LogP contribution >= 0.6 is 11.6 Å². The molecule has 4 N–H and O–H groups in total. The van der Waals surface area contributed by atoms with Crippen molar-refractivity contribution in [1.82, 2.24) is 0 Å². The van der Waals surface area contributed by atoms with E-state index in [1.54, 1.807) is 25.1 Å².